The number of benzene rings is 2. The molecule has 3 aromatic rings. The summed E-state index contributed by atoms with van der Waals surface area (Å²) in [6.45, 7) is 4.20. The molecule has 0 saturated heterocycles. The van der Waals surface area contributed by atoms with Crippen LogP contribution in [0.2, 0.25) is 0 Å². The first-order chi connectivity index (χ1) is 11.6. The summed E-state index contributed by atoms with van der Waals surface area (Å²) < 4.78 is 5.45. The van der Waals surface area contributed by atoms with Gasteiger partial charge in [-0.15, -0.1) is 0 Å². The molecule has 0 atom stereocenters. The second-order valence-corrected chi connectivity index (χ2v) is 5.51. The Morgan fingerprint density at radius 3 is 2.38 bits per heavy atom. The van der Waals surface area contributed by atoms with Gasteiger partial charge in [-0.05, 0) is 24.6 Å². The Hall–Kier alpha value is -3.08. The number of nitrogens with one attached hydrogen (secondary N) is 2. The van der Waals surface area contributed by atoms with Crippen LogP contribution in [0.3, 0.4) is 0 Å². The van der Waals surface area contributed by atoms with E-state index in [-0.39, 0.29) is 6.03 Å². The minimum Gasteiger partial charge on any atom is -0.446 e. The molecule has 0 radical (unpaired) electrons. The van der Waals surface area contributed by atoms with Crippen molar-refractivity contribution >= 4 is 11.7 Å². The highest BCUT2D eigenvalue weighted by molar-refractivity contribution is 5.89. The molecule has 2 amide bonds. The van der Waals surface area contributed by atoms with Gasteiger partial charge in [-0.3, -0.25) is 0 Å². The van der Waals surface area contributed by atoms with E-state index in [1.807, 2.05) is 68.4 Å². The largest absolute Gasteiger partial charge is 0.446 e. The summed E-state index contributed by atoms with van der Waals surface area (Å²) in [5.74, 6) is 1.43. The van der Waals surface area contributed by atoms with Crippen molar-refractivity contribution < 1.29 is 9.21 Å². The van der Waals surface area contributed by atoms with Crippen molar-refractivity contribution in [3.63, 3.8) is 0 Å². The Balaban J connectivity index is 1.60. The highest BCUT2D eigenvalue weighted by atomic mass is 16.4. The smallest absolute Gasteiger partial charge is 0.319 e. The van der Waals surface area contributed by atoms with Crippen LogP contribution < -0.4 is 10.6 Å². The zero-order valence-corrected chi connectivity index (χ0v) is 13.7. The van der Waals surface area contributed by atoms with Crippen molar-refractivity contribution in [3.05, 3.63) is 71.8 Å². The Morgan fingerprint density at radius 2 is 1.75 bits per heavy atom. The number of amides is 2. The third-order valence-electron chi connectivity index (χ3n) is 3.62. The summed E-state index contributed by atoms with van der Waals surface area (Å²) in [4.78, 5) is 16.3. The minimum atomic E-state index is -0.236. The lowest BCUT2D eigenvalue weighted by molar-refractivity contribution is 0.251. The fourth-order valence-electron chi connectivity index (χ4n) is 2.46. The first-order valence-electron chi connectivity index (χ1n) is 7.75. The van der Waals surface area contributed by atoms with Crippen LogP contribution in [-0.4, -0.2) is 11.0 Å². The maximum absolute atomic E-state index is 11.9. The maximum atomic E-state index is 11.9. The molecule has 5 heteroatoms. The Kier molecular flexibility index (Phi) is 4.61. The Bertz CT molecular complexity index is 824. The van der Waals surface area contributed by atoms with Crippen LogP contribution in [0.5, 0.6) is 0 Å². The van der Waals surface area contributed by atoms with Crippen molar-refractivity contribution in [2.75, 3.05) is 5.32 Å². The summed E-state index contributed by atoms with van der Waals surface area (Å²) in [7, 11) is 0. The summed E-state index contributed by atoms with van der Waals surface area (Å²) in [5.41, 5.74) is 3.56. The molecular formula is C19H19N3O2. The molecule has 0 aliphatic carbocycles. The average molecular weight is 321 g/mol. The van der Waals surface area contributed by atoms with Gasteiger partial charge in [0.2, 0.25) is 0 Å². The average Bonchev–Trinajstić information content (AvgIpc) is 2.93. The van der Waals surface area contributed by atoms with Crippen LogP contribution in [0, 0.1) is 13.8 Å². The lowest BCUT2D eigenvalue weighted by atomic mass is 10.1. The van der Waals surface area contributed by atoms with Gasteiger partial charge in [0.15, 0.2) is 5.89 Å². The molecule has 1 aromatic heterocycles. The molecule has 2 N–H and O–H groups in total. The van der Waals surface area contributed by atoms with Crippen molar-refractivity contribution in [1.82, 2.24) is 10.3 Å². The standard InChI is InChI=1S/C19H19N3O2/c1-13-18(21-14(2)24-13)16-8-10-17(11-9-16)22-19(23)20-12-15-6-4-3-5-7-15/h3-11H,12H2,1-2H3,(H2,20,22,23). The normalized spacial score (nSPS) is 10.4. The number of carbonyl (C=O) groups excluding carboxylic acids is 1. The first kappa shape index (κ1) is 15.8. The van der Waals surface area contributed by atoms with Gasteiger partial charge < -0.3 is 15.1 Å². The molecule has 0 aliphatic heterocycles. The number of anilines is 1. The van der Waals surface area contributed by atoms with Crippen LogP contribution in [0.1, 0.15) is 17.2 Å². The fraction of sp³-hybridized carbons (Fsp3) is 0.158. The number of aromatic nitrogens is 1. The van der Waals surface area contributed by atoms with E-state index >= 15 is 0 Å². The van der Waals surface area contributed by atoms with Crippen LogP contribution in [0.25, 0.3) is 11.3 Å². The SMILES string of the molecule is Cc1nc(-c2ccc(NC(=O)NCc3ccccc3)cc2)c(C)o1. The third-order valence-corrected chi connectivity index (χ3v) is 3.62. The van der Waals surface area contributed by atoms with Crippen molar-refractivity contribution in [3.8, 4) is 11.3 Å². The molecule has 5 nitrogen and oxygen atoms in total. The molecule has 0 unspecified atom stereocenters. The Labute approximate surface area is 140 Å². The zero-order chi connectivity index (χ0) is 16.9. The van der Waals surface area contributed by atoms with Crippen molar-refractivity contribution in [2.45, 2.75) is 20.4 Å². The second kappa shape index (κ2) is 7.00. The molecule has 0 bridgehead atoms. The number of aryl methyl sites for hydroxylation is 2. The zero-order valence-electron chi connectivity index (χ0n) is 13.7. The third kappa shape index (κ3) is 3.81. The van der Waals surface area contributed by atoms with E-state index < -0.39 is 0 Å². The highest BCUT2D eigenvalue weighted by Gasteiger charge is 2.09. The van der Waals surface area contributed by atoms with Gasteiger partial charge in [-0.2, -0.15) is 0 Å². The van der Waals surface area contributed by atoms with Gasteiger partial charge in [-0.25, -0.2) is 9.78 Å². The molecule has 0 spiro atoms. The number of rotatable bonds is 4. The number of hydrogen-bond acceptors (Lipinski definition) is 3. The predicted octanol–water partition coefficient (Wildman–Crippen LogP) is 4.28. The topological polar surface area (TPSA) is 67.2 Å². The van der Waals surface area contributed by atoms with Crippen LogP contribution in [-0.2, 0) is 6.54 Å². The molecule has 3 rings (SSSR count). The molecule has 0 saturated carbocycles. The van der Waals surface area contributed by atoms with Gasteiger partial charge in [0.05, 0.1) is 0 Å². The minimum absolute atomic E-state index is 0.236. The quantitative estimate of drug-likeness (QED) is 0.753. The van der Waals surface area contributed by atoms with E-state index in [1.54, 1.807) is 0 Å². The molecule has 24 heavy (non-hydrogen) atoms. The van der Waals surface area contributed by atoms with E-state index in [0.717, 1.165) is 28.3 Å². The Morgan fingerprint density at radius 1 is 1.04 bits per heavy atom. The van der Waals surface area contributed by atoms with Gasteiger partial charge in [0, 0.05) is 24.7 Å². The van der Waals surface area contributed by atoms with Crippen LogP contribution >= 0.6 is 0 Å². The van der Waals surface area contributed by atoms with E-state index in [4.69, 9.17) is 4.42 Å². The lowest BCUT2D eigenvalue weighted by Gasteiger charge is -2.08. The fourth-order valence-corrected chi connectivity index (χ4v) is 2.46. The van der Waals surface area contributed by atoms with E-state index in [1.165, 1.54) is 0 Å². The van der Waals surface area contributed by atoms with E-state index in [2.05, 4.69) is 15.6 Å². The van der Waals surface area contributed by atoms with Gasteiger partial charge in [0.1, 0.15) is 11.5 Å². The molecule has 1 heterocycles. The number of oxazole rings is 1. The summed E-state index contributed by atoms with van der Waals surface area (Å²) in [6.07, 6.45) is 0. The molecule has 2 aromatic carbocycles. The number of carbonyl (C=O) groups is 1. The van der Waals surface area contributed by atoms with Crippen LogP contribution in [0.4, 0.5) is 10.5 Å². The molecule has 122 valence electrons. The molecule has 0 aliphatic rings. The summed E-state index contributed by atoms with van der Waals surface area (Å²) >= 11 is 0. The van der Waals surface area contributed by atoms with Crippen LogP contribution in [0.15, 0.2) is 59.0 Å². The number of nitrogens with zero attached hydrogens (tertiary/aromatic N) is 1. The van der Waals surface area contributed by atoms with E-state index in [0.29, 0.717) is 12.4 Å². The van der Waals surface area contributed by atoms with Gasteiger partial charge in [-0.1, -0.05) is 42.5 Å². The lowest BCUT2D eigenvalue weighted by Crippen LogP contribution is -2.28. The summed E-state index contributed by atoms with van der Waals surface area (Å²) in [6, 6.07) is 17.1. The number of hydrogen-bond donors (Lipinski definition) is 2. The predicted molar refractivity (Wildman–Crippen MR) is 93.7 cm³/mol. The number of urea groups is 1. The second-order valence-electron chi connectivity index (χ2n) is 5.51. The van der Waals surface area contributed by atoms with Gasteiger partial charge >= 0.3 is 6.03 Å². The highest BCUT2D eigenvalue weighted by Crippen LogP contribution is 2.24. The van der Waals surface area contributed by atoms with Crippen molar-refractivity contribution in [1.29, 1.82) is 0 Å². The maximum Gasteiger partial charge on any atom is 0.319 e. The molecular weight excluding hydrogens is 302 g/mol. The first-order valence-corrected chi connectivity index (χ1v) is 7.75. The van der Waals surface area contributed by atoms with E-state index in [9.17, 15) is 4.79 Å². The van der Waals surface area contributed by atoms with Gasteiger partial charge in [0.25, 0.3) is 0 Å². The monoisotopic (exact) mass is 321 g/mol. The van der Waals surface area contributed by atoms with Crippen molar-refractivity contribution in [2.24, 2.45) is 0 Å². The summed E-state index contributed by atoms with van der Waals surface area (Å²) in [5, 5.41) is 5.65. The molecule has 0 fully saturated rings.